The molecule has 0 spiro atoms. The summed E-state index contributed by atoms with van der Waals surface area (Å²) in [6.45, 7) is 0.278. The van der Waals surface area contributed by atoms with Crippen LogP contribution in [0.2, 0.25) is 0 Å². The number of benzene rings is 2. The van der Waals surface area contributed by atoms with Gasteiger partial charge in [-0.25, -0.2) is 9.18 Å². The first kappa shape index (κ1) is 17.2. The molecule has 0 aliphatic carbocycles. The Bertz CT molecular complexity index is 899. The van der Waals surface area contributed by atoms with Crippen molar-refractivity contribution in [3.8, 4) is 11.5 Å². The van der Waals surface area contributed by atoms with Crippen molar-refractivity contribution >= 4 is 17.7 Å². The molecule has 0 unspecified atom stereocenters. The van der Waals surface area contributed by atoms with Crippen LogP contribution in [0.3, 0.4) is 0 Å². The highest BCUT2D eigenvalue weighted by molar-refractivity contribution is 5.90. The van der Waals surface area contributed by atoms with Gasteiger partial charge in [0.25, 0.3) is 5.95 Å². The summed E-state index contributed by atoms with van der Waals surface area (Å²) >= 11 is 0. The zero-order valence-electron chi connectivity index (χ0n) is 13.6. The van der Waals surface area contributed by atoms with E-state index in [0.717, 1.165) is 0 Å². The third-order valence-corrected chi connectivity index (χ3v) is 3.27. The Kier molecular flexibility index (Phi) is 5.28. The third kappa shape index (κ3) is 4.69. The number of nitrogens with one attached hydrogen (secondary N) is 2. The molecule has 0 aliphatic rings. The minimum Gasteiger partial charge on any atom is -0.455 e. The fraction of sp³-hybridized carbons (Fsp3) is 0.118. The Morgan fingerprint density at radius 1 is 1.23 bits per heavy atom. The van der Waals surface area contributed by atoms with Gasteiger partial charge in [-0.2, -0.15) is 4.98 Å². The number of ether oxygens (including phenoxy) is 1. The lowest BCUT2D eigenvalue weighted by Gasteiger charge is -2.12. The number of carbonyl (C=O) groups excluding carboxylic acids is 1. The van der Waals surface area contributed by atoms with E-state index in [2.05, 4.69) is 20.8 Å². The predicted octanol–water partition coefficient (Wildman–Crippen LogP) is 2.95. The summed E-state index contributed by atoms with van der Waals surface area (Å²) in [5, 5.41) is 8.79. The van der Waals surface area contributed by atoms with Gasteiger partial charge >= 0.3 is 6.03 Å². The van der Waals surface area contributed by atoms with E-state index in [1.54, 1.807) is 30.3 Å². The number of urea groups is 1. The van der Waals surface area contributed by atoms with E-state index in [1.165, 1.54) is 18.2 Å². The lowest BCUT2D eigenvalue weighted by atomic mass is 10.3. The number of aromatic nitrogens is 2. The van der Waals surface area contributed by atoms with Gasteiger partial charge in [-0.05, 0) is 29.4 Å². The summed E-state index contributed by atoms with van der Waals surface area (Å²) in [5.74, 6) is 0.685. The number of halogens is 1. The summed E-state index contributed by atoms with van der Waals surface area (Å²) in [6, 6.07) is 12.1. The van der Waals surface area contributed by atoms with E-state index in [-0.39, 0.29) is 12.5 Å². The maximum absolute atomic E-state index is 13.3. The first-order valence-electron chi connectivity index (χ1n) is 7.75. The largest absolute Gasteiger partial charge is 0.455 e. The molecule has 0 saturated carbocycles. The molecule has 0 bridgehead atoms. The molecule has 0 atom stereocenters. The van der Waals surface area contributed by atoms with Crippen LogP contribution in [-0.2, 0) is 6.42 Å². The molecule has 2 aromatic carbocycles. The zero-order valence-corrected chi connectivity index (χ0v) is 13.6. The molecule has 134 valence electrons. The molecular formula is C17H16FN5O3. The maximum Gasteiger partial charge on any atom is 0.319 e. The minimum absolute atomic E-state index is 0.0490. The van der Waals surface area contributed by atoms with Crippen LogP contribution < -0.4 is 21.1 Å². The smallest absolute Gasteiger partial charge is 0.319 e. The average molecular weight is 357 g/mol. The fourth-order valence-corrected chi connectivity index (χ4v) is 2.14. The Morgan fingerprint density at radius 3 is 2.85 bits per heavy atom. The Labute approximate surface area is 148 Å². The molecule has 0 aliphatic heterocycles. The number of carbonyl (C=O) groups is 1. The summed E-state index contributed by atoms with van der Waals surface area (Å²) in [4.78, 5) is 15.9. The van der Waals surface area contributed by atoms with Gasteiger partial charge in [0, 0.05) is 19.0 Å². The second kappa shape index (κ2) is 7.97. The van der Waals surface area contributed by atoms with E-state index in [4.69, 9.17) is 15.0 Å². The predicted molar refractivity (Wildman–Crippen MR) is 92.4 cm³/mol. The summed E-state index contributed by atoms with van der Waals surface area (Å²) in [5.41, 5.74) is 5.79. The van der Waals surface area contributed by atoms with Crippen LogP contribution in [0.4, 0.5) is 20.8 Å². The van der Waals surface area contributed by atoms with Crippen molar-refractivity contribution in [2.75, 3.05) is 17.6 Å². The van der Waals surface area contributed by atoms with E-state index < -0.39 is 11.8 Å². The van der Waals surface area contributed by atoms with Crippen molar-refractivity contribution in [1.82, 2.24) is 15.5 Å². The van der Waals surface area contributed by atoms with Crippen molar-refractivity contribution in [1.29, 1.82) is 0 Å². The van der Waals surface area contributed by atoms with Gasteiger partial charge in [0.2, 0.25) is 5.89 Å². The van der Waals surface area contributed by atoms with Gasteiger partial charge in [-0.1, -0.05) is 18.2 Å². The number of amides is 2. The van der Waals surface area contributed by atoms with Crippen LogP contribution in [0.5, 0.6) is 11.5 Å². The van der Waals surface area contributed by atoms with Crippen molar-refractivity contribution in [2.24, 2.45) is 0 Å². The van der Waals surface area contributed by atoms with E-state index in [0.29, 0.717) is 29.5 Å². The molecule has 9 heteroatoms. The third-order valence-electron chi connectivity index (χ3n) is 3.27. The van der Waals surface area contributed by atoms with Crippen LogP contribution in [0.1, 0.15) is 5.89 Å². The molecule has 0 saturated heterocycles. The van der Waals surface area contributed by atoms with Crippen LogP contribution in [0, 0.1) is 5.82 Å². The highest BCUT2D eigenvalue weighted by Gasteiger charge is 2.09. The number of nitrogen functional groups attached to an aromatic ring is 1. The van der Waals surface area contributed by atoms with E-state index >= 15 is 0 Å². The summed E-state index contributed by atoms with van der Waals surface area (Å²) < 4.78 is 23.8. The fourth-order valence-electron chi connectivity index (χ4n) is 2.14. The van der Waals surface area contributed by atoms with Crippen LogP contribution in [-0.4, -0.2) is 22.7 Å². The standard InChI is InChI=1S/C17H16FN5O3/c18-11-4-3-5-12(10-11)25-14-7-2-1-6-13(14)21-17(24)20-9-8-15-22-16(19)23-26-15/h1-7,10H,8-9H2,(H2,19,23)(H2,20,21,24). The van der Waals surface area contributed by atoms with E-state index in [9.17, 15) is 9.18 Å². The molecule has 3 rings (SSSR count). The van der Waals surface area contributed by atoms with Gasteiger partial charge in [0.05, 0.1) is 5.69 Å². The van der Waals surface area contributed by atoms with Crippen molar-refractivity contribution in [3.05, 3.63) is 60.2 Å². The van der Waals surface area contributed by atoms with Crippen LogP contribution >= 0.6 is 0 Å². The van der Waals surface area contributed by atoms with Gasteiger partial charge in [-0.15, -0.1) is 0 Å². The van der Waals surface area contributed by atoms with Gasteiger partial charge in [-0.3, -0.25) is 0 Å². The number of rotatable bonds is 6. The quantitative estimate of drug-likeness (QED) is 0.625. The Hall–Kier alpha value is -3.62. The molecule has 2 amide bonds. The second-order valence-electron chi connectivity index (χ2n) is 5.23. The van der Waals surface area contributed by atoms with E-state index in [1.807, 2.05) is 0 Å². The minimum atomic E-state index is -0.437. The Balaban J connectivity index is 1.57. The second-order valence-corrected chi connectivity index (χ2v) is 5.23. The molecule has 3 aromatic rings. The summed E-state index contributed by atoms with van der Waals surface area (Å²) in [7, 11) is 0. The molecule has 1 heterocycles. The average Bonchev–Trinajstić information content (AvgIpc) is 3.02. The van der Waals surface area contributed by atoms with Gasteiger partial charge in [0.1, 0.15) is 11.6 Å². The molecule has 26 heavy (non-hydrogen) atoms. The highest BCUT2D eigenvalue weighted by atomic mass is 19.1. The molecule has 8 nitrogen and oxygen atoms in total. The molecule has 0 fully saturated rings. The first-order chi connectivity index (χ1) is 12.6. The van der Waals surface area contributed by atoms with Gasteiger partial charge < -0.3 is 25.6 Å². The lowest BCUT2D eigenvalue weighted by molar-refractivity contribution is 0.251. The lowest BCUT2D eigenvalue weighted by Crippen LogP contribution is -2.30. The number of nitrogens with zero attached hydrogens (tertiary/aromatic N) is 2. The van der Waals surface area contributed by atoms with Crippen molar-refractivity contribution in [2.45, 2.75) is 6.42 Å². The number of para-hydroxylation sites is 2. The SMILES string of the molecule is Nc1noc(CCNC(=O)Nc2ccccc2Oc2cccc(F)c2)n1. The number of anilines is 2. The Morgan fingerprint density at radius 2 is 2.08 bits per heavy atom. The molecule has 4 N–H and O–H groups in total. The summed E-state index contributed by atoms with van der Waals surface area (Å²) in [6.07, 6.45) is 0.346. The van der Waals surface area contributed by atoms with Gasteiger partial charge in [0.15, 0.2) is 5.75 Å². The molecule has 1 aromatic heterocycles. The van der Waals surface area contributed by atoms with Crippen LogP contribution in [0.15, 0.2) is 53.1 Å². The monoisotopic (exact) mass is 357 g/mol. The normalized spacial score (nSPS) is 10.3. The molecular weight excluding hydrogens is 341 g/mol. The zero-order chi connectivity index (χ0) is 18.4. The molecule has 0 radical (unpaired) electrons. The van der Waals surface area contributed by atoms with Crippen molar-refractivity contribution in [3.63, 3.8) is 0 Å². The number of hydrogen-bond donors (Lipinski definition) is 3. The van der Waals surface area contributed by atoms with Crippen LogP contribution in [0.25, 0.3) is 0 Å². The number of nitrogens with two attached hydrogens (primary N) is 1. The first-order valence-corrected chi connectivity index (χ1v) is 7.75. The van der Waals surface area contributed by atoms with Crippen molar-refractivity contribution < 1.29 is 18.4 Å². The highest BCUT2D eigenvalue weighted by Crippen LogP contribution is 2.29. The number of hydrogen-bond acceptors (Lipinski definition) is 6. The topological polar surface area (TPSA) is 115 Å². The maximum atomic E-state index is 13.3.